The smallest absolute Gasteiger partial charge is 0.166 e. The van der Waals surface area contributed by atoms with Crippen molar-refractivity contribution in [1.29, 1.82) is 0 Å². The van der Waals surface area contributed by atoms with Crippen molar-refractivity contribution < 1.29 is 14.2 Å². The molecule has 0 unspecified atom stereocenters. The second kappa shape index (κ2) is 7.96. The molecule has 130 valence electrons. The normalized spacial score (nSPS) is 18.8. The number of para-hydroxylation sites is 1. The molecule has 24 heavy (non-hydrogen) atoms. The molecular formula is C18H24N2O3S. The van der Waals surface area contributed by atoms with Crippen LogP contribution in [0.3, 0.4) is 0 Å². The van der Waals surface area contributed by atoms with Gasteiger partial charge in [-0.15, -0.1) is 11.3 Å². The maximum absolute atomic E-state index is 6.01. The van der Waals surface area contributed by atoms with Crippen LogP contribution in [0, 0.1) is 0 Å². The topological polar surface area (TPSA) is 43.8 Å². The second-order valence-electron chi connectivity index (χ2n) is 6.08. The number of methoxy groups -OCH3 is 1. The molecular weight excluding hydrogens is 324 g/mol. The highest BCUT2D eigenvalue weighted by molar-refractivity contribution is 7.09. The van der Waals surface area contributed by atoms with Gasteiger partial charge >= 0.3 is 0 Å². The van der Waals surface area contributed by atoms with Gasteiger partial charge in [0.15, 0.2) is 11.5 Å². The van der Waals surface area contributed by atoms with E-state index >= 15 is 0 Å². The Bertz CT molecular complexity index is 646. The molecule has 0 radical (unpaired) electrons. The van der Waals surface area contributed by atoms with Crippen LogP contribution in [0.25, 0.3) is 0 Å². The number of nitrogens with zero attached hydrogens (tertiary/aromatic N) is 2. The molecule has 1 aliphatic heterocycles. The molecule has 2 heterocycles. The molecule has 1 fully saturated rings. The molecule has 3 rings (SSSR count). The second-order valence-corrected chi connectivity index (χ2v) is 7.01. The first-order valence-electron chi connectivity index (χ1n) is 8.23. The highest BCUT2D eigenvalue weighted by Crippen LogP contribution is 2.34. The Balaban J connectivity index is 1.75. The highest BCUT2D eigenvalue weighted by Gasteiger charge is 2.25. The van der Waals surface area contributed by atoms with Crippen LogP contribution in [-0.2, 0) is 11.3 Å². The number of ether oxygens (including phenoxy) is 3. The Morgan fingerprint density at radius 3 is 3.00 bits per heavy atom. The number of benzene rings is 1. The van der Waals surface area contributed by atoms with Crippen LogP contribution in [0.2, 0.25) is 0 Å². The molecule has 6 heteroatoms. The molecule has 0 saturated carbocycles. The molecule has 1 aromatic carbocycles. The van der Waals surface area contributed by atoms with Crippen LogP contribution in [0.1, 0.15) is 30.5 Å². The van der Waals surface area contributed by atoms with Gasteiger partial charge in [-0.1, -0.05) is 12.1 Å². The summed E-state index contributed by atoms with van der Waals surface area (Å²) in [4.78, 5) is 6.77. The monoisotopic (exact) mass is 348 g/mol. The van der Waals surface area contributed by atoms with E-state index in [0.717, 1.165) is 41.7 Å². The molecule has 0 spiro atoms. The third-order valence-electron chi connectivity index (χ3n) is 3.91. The standard InChI is InChI=1S/C18H24N2O3S/c1-13(2)23-17-14(5-4-6-15(17)21-3)11-20-8-9-22-16(12-20)18-19-7-10-24-18/h4-7,10,13,16H,8-9,11-12H2,1-3H3/t16-/m1/s1. The summed E-state index contributed by atoms with van der Waals surface area (Å²) < 4.78 is 17.4. The van der Waals surface area contributed by atoms with Crippen LogP contribution in [0.15, 0.2) is 29.8 Å². The third-order valence-corrected chi connectivity index (χ3v) is 4.77. The van der Waals surface area contributed by atoms with Gasteiger partial charge in [0.25, 0.3) is 0 Å². The molecule has 1 aliphatic rings. The Hall–Kier alpha value is -1.63. The van der Waals surface area contributed by atoms with Gasteiger partial charge in [-0.05, 0) is 19.9 Å². The number of hydrogen-bond donors (Lipinski definition) is 0. The summed E-state index contributed by atoms with van der Waals surface area (Å²) in [5.41, 5.74) is 1.14. The summed E-state index contributed by atoms with van der Waals surface area (Å²) >= 11 is 1.65. The molecule has 5 nitrogen and oxygen atoms in total. The van der Waals surface area contributed by atoms with Crippen LogP contribution in [0.5, 0.6) is 11.5 Å². The summed E-state index contributed by atoms with van der Waals surface area (Å²) in [6.45, 7) is 7.33. The molecule has 0 aliphatic carbocycles. The van der Waals surface area contributed by atoms with Crippen molar-refractivity contribution in [1.82, 2.24) is 9.88 Å². The quantitative estimate of drug-likeness (QED) is 0.799. The lowest BCUT2D eigenvalue weighted by atomic mass is 10.1. The summed E-state index contributed by atoms with van der Waals surface area (Å²) in [6, 6.07) is 6.06. The van der Waals surface area contributed by atoms with Crippen molar-refractivity contribution in [2.45, 2.75) is 32.6 Å². The first kappa shape index (κ1) is 17.2. The summed E-state index contributed by atoms with van der Waals surface area (Å²) in [5.74, 6) is 1.62. The zero-order chi connectivity index (χ0) is 16.9. The van der Waals surface area contributed by atoms with Crippen molar-refractivity contribution >= 4 is 11.3 Å². The highest BCUT2D eigenvalue weighted by atomic mass is 32.1. The number of hydrogen-bond acceptors (Lipinski definition) is 6. The third kappa shape index (κ3) is 4.06. The lowest BCUT2D eigenvalue weighted by Gasteiger charge is -2.32. The van der Waals surface area contributed by atoms with Gasteiger partial charge in [0, 0.05) is 36.8 Å². The molecule has 1 atom stereocenters. The summed E-state index contributed by atoms with van der Waals surface area (Å²) in [7, 11) is 1.68. The molecule has 0 amide bonds. The zero-order valence-corrected chi connectivity index (χ0v) is 15.2. The van der Waals surface area contributed by atoms with E-state index in [1.807, 2.05) is 37.6 Å². The summed E-state index contributed by atoms with van der Waals surface area (Å²) in [5, 5.41) is 3.04. The maximum atomic E-state index is 6.01. The van der Waals surface area contributed by atoms with Crippen molar-refractivity contribution in [3.63, 3.8) is 0 Å². The van der Waals surface area contributed by atoms with Crippen molar-refractivity contribution in [2.75, 3.05) is 26.8 Å². The number of morpholine rings is 1. The van der Waals surface area contributed by atoms with E-state index < -0.39 is 0 Å². The first-order valence-corrected chi connectivity index (χ1v) is 9.11. The van der Waals surface area contributed by atoms with Crippen LogP contribution in [0.4, 0.5) is 0 Å². The average molecular weight is 348 g/mol. The van der Waals surface area contributed by atoms with Gasteiger partial charge in [-0.25, -0.2) is 4.98 Å². The minimum atomic E-state index is 0.0545. The first-order chi connectivity index (χ1) is 11.7. The Kier molecular flexibility index (Phi) is 5.71. The van der Waals surface area contributed by atoms with Crippen LogP contribution >= 0.6 is 11.3 Å². The van der Waals surface area contributed by atoms with Gasteiger partial charge < -0.3 is 14.2 Å². The summed E-state index contributed by atoms with van der Waals surface area (Å²) in [6.07, 6.45) is 1.99. The van der Waals surface area contributed by atoms with E-state index in [1.165, 1.54) is 0 Å². The zero-order valence-electron chi connectivity index (χ0n) is 14.4. The predicted octanol–water partition coefficient (Wildman–Crippen LogP) is 3.51. The Labute approximate surface area is 147 Å². The van der Waals surface area contributed by atoms with E-state index in [1.54, 1.807) is 18.4 Å². The molecule has 0 N–H and O–H groups in total. The molecule has 1 aromatic heterocycles. The van der Waals surface area contributed by atoms with E-state index in [9.17, 15) is 0 Å². The fourth-order valence-corrected chi connectivity index (χ4v) is 3.52. The van der Waals surface area contributed by atoms with Gasteiger partial charge in [-0.3, -0.25) is 4.90 Å². The number of aromatic nitrogens is 1. The Morgan fingerprint density at radius 1 is 1.42 bits per heavy atom. The van der Waals surface area contributed by atoms with Gasteiger partial charge in [0.05, 0.1) is 19.8 Å². The van der Waals surface area contributed by atoms with Gasteiger partial charge in [0.1, 0.15) is 11.1 Å². The van der Waals surface area contributed by atoms with E-state index in [0.29, 0.717) is 6.61 Å². The van der Waals surface area contributed by atoms with Crippen molar-refractivity contribution in [3.05, 3.63) is 40.3 Å². The number of thiazole rings is 1. The van der Waals surface area contributed by atoms with Crippen LogP contribution in [-0.4, -0.2) is 42.8 Å². The minimum absolute atomic E-state index is 0.0545. The maximum Gasteiger partial charge on any atom is 0.166 e. The van der Waals surface area contributed by atoms with Crippen molar-refractivity contribution in [2.24, 2.45) is 0 Å². The average Bonchev–Trinajstić information content (AvgIpc) is 3.11. The lowest BCUT2D eigenvalue weighted by Crippen LogP contribution is -2.37. The lowest BCUT2D eigenvalue weighted by molar-refractivity contribution is -0.0332. The van der Waals surface area contributed by atoms with E-state index in [-0.39, 0.29) is 12.2 Å². The molecule has 1 saturated heterocycles. The Morgan fingerprint density at radius 2 is 2.29 bits per heavy atom. The van der Waals surface area contributed by atoms with E-state index in [4.69, 9.17) is 14.2 Å². The number of rotatable bonds is 6. The largest absolute Gasteiger partial charge is 0.493 e. The molecule has 0 bridgehead atoms. The van der Waals surface area contributed by atoms with Gasteiger partial charge in [0.2, 0.25) is 0 Å². The fraction of sp³-hybridized carbons (Fsp3) is 0.500. The minimum Gasteiger partial charge on any atom is -0.493 e. The van der Waals surface area contributed by atoms with Crippen LogP contribution < -0.4 is 9.47 Å². The predicted molar refractivity (Wildman–Crippen MR) is 94.8 cm³/mol. The fourth-order valence-electron chi connectivity index (χ4n) is 2.85. The van der Waals surface area contributed by atoms with Crippen molar-refractivity contribution in [3.8, 4) is 11.5 Å². The van der Waals surface area contributed by atoms with E-state index in [2.05, 4.69) is 16.0 Å². The molecule has 2 aromatic rings. The SMILES string of the molecule is COc1cccc(CN2CCO[C@@H](c3nccs3)C2)c1OC(C)C. The van der Waals surface area contributed by atoms with Gasteiger partial charge in [-0.2, -0.15) is 0 Å².